The first-order valence-electron chi connectivity index (χ1n) is 1.74. The van der Waals surface area contributed by atoms with Gasteiger partial charge in [-0.15, -0.1) is 0 Å². The molecule has 1 unspecified atom stereocenters. The highest BCUT2D eigenvalue weighted by Crippen LogP contribution is 1.82. The number of hydrogen-bond donors (Lipinski definition) is 2. The summed E-state index contributed by atoms with van der Waals surface area (Å²) in [6.45, 7) is 0. The summed E-state index contributed by atoms with van der Waals surface area (Å²) >= 11 is 3.73. The van der Waals surface area contributed by atoms with Crippen LogP contribution in [0.1, 0.15) is 0 Å². The van der Waals surface area contributed by atoms with Crippen molar-refractivity contribution in [3.63, 3.8) is 0 Å². The van der Waals surface area contributed by atoms with Gasteiger partial charge in [0, 0.05) is 11.5 Å². The molecule has 0 aromatic carbocycles. The van der Waals surface area contributed by atoms with Gasteiger partial charge in [-0.2, -0.15) is 12.6 Å². The Labute approximate surface area is 49.2 Å². The summed E-state index contributed by atoms with van der Waals surface area (Å²) < 4.78 is 18.6. The first kappa shape index (κ1) is 7.33. The summed E-state index contributed by atoms with van der Waals surface area (Å²) in [6.07, 6.45) is 0. The molecule has 0 aromatic heterocycles. The van der Waals surface area contributed by atoms with Crippen LogP contribution in [0.3, 0.4) is 0 Å². The molecular formula is C3H8O2S2. The van der Waals surface area contributed by atoms with Crippen molar-refractivity contribution < 1.29 is 8.76 Å². The smallest absolute Gasteiger partial charge is 0.0754 e. The van der Waals surface area contributed by atoms with Gasteiger partial charge in [0.05, 0.1) is 9.80 Å². The van der Waals surface area contributed by atoms with E-state index in [2.05, 4.69) is 18.5 Å². The van der Waals surface area contributed by atoms with Gasteiger partial charge in [-0.25, -0.2) is 4.21 Å². The van der Waals surface area contributed by atoms with E-state index in [1.165, 1.54) is 0 Å². The zero-order valence-corrected chi connectivity index (χ0v) is 5.54. The Morgan fingerprint density at radius 1 is 1.86 bits per heavy atom. The van der Waals surface area contributed by atoms with Crippen LogP contribution in [0.2, 0.25) is 0 Å². The van der Waals surface area contributed by atoms with Crippen LogP contribution < -0.4 is 0 Å². The summed E-state index contributed by atoms with van der Waals surface area (Å²) in [5, 5.41) is 0. The van der Waals surface area contributed by atoms with E-state index in [9.17, 15) is 4.21 Å². The predicted molar refractivity (Wildman–Crippen MR) is 36.6 cm³/mol. The Balaban J connectivity index is 3.60. The molecule has 1 N–H and O–H groups in total. The fourth-order valence-electron chi connectivity index (χ4n) is 0.143. The van der Waals surface area contributed by atoms with Gasteiger partial charge in [0.15, 0.2) is 0 Å². The van der Waals surface area contributed by atoms with Crippen LogP contribution >= 0.6 is 12.6 Å². The molecule has 0 aliphatic heterocycles. The SMILES string of the molecule is C=S(=O)(O)CCS. The lowest BCUT2D eigenvalue weighted by Gasteiger charge is -1.92. The normalized spacial score (nSPS) is 18.6. The lowest BCUT2D eigenvalue weighted by atomic mass is 11.0. The van der Waals surface area contributed by atoms with Crippen LogP contribution in [0.5, 0.6) is 0 Å². The zero-order chi connectivity index (χ0) is 5.91. The molecule has 2 nitrogen and oxygen atoms in total. The monoisotopic (exact) mass is 140 g/mol. The van der Waals surface area contributed by atoms with E-state index in [4.69, 9.17) is 4.55 Å². The molecule has 7 heavy (non-hydrogen) atoms. The molecule has 0 spiro atoms. The second-order valence-electron chi connectivity index (χ2n) is 1.20. The van der Waals surface area contributed by atoms with Gasteiger partial charge in [0.1, 0.15) is 0 Å². The van der Waals surface area contributed by atoms with Gasteiger partial charge >= 0.3 is 0 Å². The van der Waals surface area contributed by atoms with E-state index in [1.807, 2.05) is 0 Å². The molecular weight excluding hydrogens is 132 g/mol. The number of hydrogen-bond acceptors (Lipinski definition) is 2. The van der Waals surface area contributed by atoms with Gasteiger partial charge in [-0.1, -0.05) is 0 Å². The summed E-state index contributed by atoms with van der Waals surface area (Å²) in [5.41, 5.74) is 0. The van der Waals surface area contributed by atoms with Crippen LogP contribution in [-0.2, 0) is 9.80 Å². The summed E-state index contributed by atoms with van der Waals surface area (Å²) in [7, 11) is -2.75. The molecule has 0 bridgehead atoms. The first-order valence-corrected chi connectivity index (χ1v) is 4.23. The third kappa shape index (κ3) is 6.33. The molecule has 0 amide bonds. The molecule has 0 saturated heterocycles. The molecule has 0 fully saturated rings. The minimum absolute atomic E-state index is 0.177. The molecule has 1 atom stereocenters. The van der Waals surface area contributed by atoms with Crippen LogP contribution in [0.25, 0.3) is 0 Å². The molecule has 0 radical (unpaired) electrons. The van der Waals surface area contributed by atoms with Gasteiger partial charge in [-0.3, -0.25) is 0 Å². The van der Waals surface area contributed by atoms with Crippen molar-refractivity contribution in [2.45, 2.75) is 0 Å². The van der Waals surface area contributed by atoms with E-state index < -0.39 is 9.80 Å². The van der Waals surface area contributed by atoms with Crippen molar-refractivity contribution in [2.75, 3.05) is 11.5 Å². The predicted octanol–water partition coefficient (Wildman–Crippen LogP) is 0.106. The average Bonchev–Trinajstić information content (AvgIpc) is 1.30. The van der Waals surface area contributed by atoms with Crippen LogP contribution in [0, 0.1) is 0 Å². The van der Waals surface area contributed by atoms with Crippen LogP contribution in [0.4, 0.5) is 0 Å². The Kier molecular flexibility index (Phi) is 2.71. The third-order valence-corrected chi connectivity index (χ3v) is 1.78. The lowest BCUT2D eigenvalue weighted by molar-refractivity contribution is 0.562. The number of thiol groups is 1. The first-order chi connectivity index (χ1) is 3.06. The second-order valence-corrected chi connectivity index (χ2v) is 3.60. The van der Waals surface area contributed by atoms with Crippen molar-refractivity contribution in [1.82, 2.24) is 0 Å². The summed E-state index contributed by atoms with van der Waals surface area (Å²) in [5.74, 6) is 3.59. The maximum atomic E-state index is 10.2. The summed E-state index contributed by atoms with van der Waals surface area (Å²) in [4.78, 5) is 0. The molecule has 0 aliphatic carbocycles. The van der Waals surface area contributed by atoms with Crippen molar-refractivity contribution in [3.05, 3.63) is 0 Å². The standard InChI is InChI=1S/C3H8O2S2/c1-7(4,5)3-2-6/h6H,1-3H2,(H,4,5). The van der Waals surface area contributed by atoms with E-state index in [0.717, 1.165) is 0 Å². The van der Waals surface area contributed by atoms with E-state index in [1.54, 1.807) is 0 Å². The molecule has 0 aromatic rings. The fourth-order valence-corrected chi connectivity index (χ4v) is 1.28. The van der Waals surface area contributed by atoms with Crippen molar-refractivity contribution in [2.24, 2.45) is 0 Å². The van der Waals surface area contributed by atoms with Crippen molar-refractivity contribution >= 4 is 28.3 Å². The number of rotatable bonds is 2. The van der Waals surface area contributed by atoms with Gasteiger partial charge in [0.25, 0.3) is 0 Å². The van der Waals surface area contributed by atoms with Crippen LogP contribution in [-0.4, -0.2) is 26.1 Å². The molecule has 44 valence electrons. The maximum absolute atomic E-state index is 10.2. The Morgan fingerprint density at radius 3 is 2.29 bits per heavy atom. The highest BCUT2D eigenvalue weighted by molar-refractivity contribution is 7.95. The quantitative estimate of drug-likeness (QED) is 0.422. The van der Waals surface area contributed by atoms with Crippen molar-refractivity contribution in [1.29, 1.82) is 0 Å². The zero-order valence-electron chi connectivity index (χ0n) is 3.83. The van der Waals surface area contributed by atoms with E-state index in [0.29, 0.717) is 5.75 Å². The molecule has 0 aliphatic rings. The molecule has 0 saturated carbocycles. The molecule has 0 heterocycles. The maximum Gasteiger partial charge on any atom is 0.0754 e. The Bertz CT molecular complexity index is 124. The van der Waals surface area contributed by atoms with E-state index >= 15 is 0 Å². The minimum atomic E-state index is -2.75. The highest BCUT2D eigenvalue weighted by Gasteiger charge is 1.90. The van der Waals surface area contributed by atoms with E-state index in [-0.39, 0.29) is 5.75 Å². The highest BCUT2D eigenvalue weighted by atomic mass is 32.2. The molecule has 4 heteroatoms. The third-order valence-electron chi connectivity index (χ3n) is 0.410. The van der Waals surface area contributed by atoms with Gasteiger partial charge in [-0.05, 0) is 5.87 Å². The Morgan fingerprint density at radius 2 is 2.29 bits per heavy atom. The Hall–Kier alpha value is 0.330. The fraction of sp³-hybridized carbons (Fsp3) is 0.667. The average molecular weight is 140 g/mol. The molecule has 0 rings (SSSR count). The summed E-state index contributed by atoms with van der Waals surface area (Å²) in [6, 6.07) is 0. The lowest BCUT2D eigenvalue weighted by Crippen LogP contribution is -2.03. The van der Waals surface area contributed by atoms with Gasteiger partial charge < -0.3 is 4.55 Å². The largest absolute Gasteiger partial charge is 0.314 e. The van der Waals surface area contributed by atoms with Crippen LogP contribution in [0.15, 0.2) is 0 Å². The topological polar surface area (TPSA) is 37.3 Å². The van der Waals surface area contributed by atoms with Crippen molar-refractivity contribution in [3.8, 4) is 0 Å². The minimum Gasteiger partial charge on any atom is -0.314 e. The second kappa shape index (κ2) is 2.59. The van der Waals surface area contributed by atoms with Gasteiger partial charge in [0.2, 0.25) is 0 Å².